The van der Waals surface area contributed by atoms with E-state index in [0.29, 0.717) is 0 Å². The molecule has 0 aromatic carbocycles. The van der Waals surface area contributed by atoms with E-state index < -0.39 is 26.3 Å². The second kappa shape index (κ2) is 4.80. The molecule has 82 valence electrons. The van der Waals surface area contributed by atoms with Crippen LogP contribution in [0.3, 0.4) is 0 Å². The molecule has 0 radical (unpaired) electrons. The zero-order chi connectivity index (χ0) is 11.4. The first-order valence-electron chi connectivity index (χ1n) is 3.23. The Hall–Kier alpha value is -1.31. The first kappa shape index (κ1) is 12.7. The molecule has 0 spiro atoms. The van der Waals surface area contributed by atoms with Crippen molar-refractivity contribution in [3.05, 3.63) is 0 Å². The first-order chi connectivity index (χ1) is 6.22. The average Bonchev–Trinajstić information content (AvgIpc) is 1.97. The number of aliphatic carboxylic acids is 1. The van der Waals surface area contributed by atoms with Crippen LogP contribution >= 0.6 is 7.82 Å². The first-order valence-corrected chi connectivity index (χ1v) is 4.76. The van der Waals surface area contributed by atoms with E-state index in [4.69, 9.17) is 20.6 Å². The topological polar surface area (TPSA) is 146 Å². The van der Waals surface area contributed by atoms with E-state index in [0.717, 1.165) is 4.90 Å². The maximum atomic E-state index is 10.2. The van der Waals surface area contributed by atoms with Gasteiger partial charge in [0.15, 0.2) is 0 Å². The van der Waals surface area contributed by atoms with Crippen LogP contribution in [-0.4, -0.2) is 45.3 Å². The Bertz CT molecular complexity index is 285. The van der Waals surface area contributed by atoms with Crippen molar-refractivity contribution in [1.82, 2.24) is 4.90 Å². The van der Waals surface area contributed by atoms with Gasteiger partial charge in [-0.1, -0.05) is 0 Å². The second-order valence-electron chi connectivity index (χ2n) is 2.27. The third-order valence-electron chi connectivity index (χ3n) is 1.00. The number of hydrogen-bond donors (Lipinski definition) is 4. The van der Waals surface area contributed by atoms with Crippen LogP contribution < -0.4 is 5.73 Å². The van der Waals surface area contributed by atoms with Crippen LogP contribution in [0.5, 0.6) is 0 Å². The van der Waals surface area contributed by atoms with E-state index in [9.17, 15) is 9.36 Å². The van der Waals surface area contributed by atoms with Crippen molar-refractivity contribution in [2.75, 3.05) is 13.6 Å². The summed E-state index contributed by atoms with van der Waals surface area (Å²) < 4.78 is 13.8. The lowest BCUT2D eigenvalue weighted by atomic mass is 10.6. The molecule has 0 saturated carbocycles. The van der Waals surface area contributed by atoms with Gasteiger partial charge in [0.25, 0.3) is 0 Å². The van der Waals surface area contributed by atoms with Crippen molar-refractivity contribution in [2.24, 2.45) is 10.9 Å². The highest BCUT2D eigenvalue weighted by atomic mass is 31.2. The van der Waals surface area contributed by atoms with Crippen molar-refractivity contribution in [1.29, 1.82) is 0 Å². The van der Waals surface area contributed by atoms with E-state index in [2.05, 4.69) is 9.78 Å². The van der Waals surface area contributed by atoms with Crippen LogP contribution in [0.25, 0.3) is 0 Å². The van der Waals surface area contributed by atoms with Gasteiger partial charge in [-0.15, -0.1) is 0 Å². The van der Waals surface area contributed by atoms with Gasteiger partial charge < -0.3 is 15.7 Å². The molecule has 0 aliphatic carbocycles. The van der Waals surface area contributed by atoms with Crippen LogP contribution in [-0.2, 0) is 14.0 Å². The summed E-state index contributed by atoms with van der Waals surface area (Å²) in [5.41, 5.74) is 5.12. The number of guanidine groups is 1. The molecule has 14 heavy (non-hydrogen) atoms. The van der Waals surface area contributed by atoms with Crippen molar-refractivity contribution in [3.63, 3.8) is 0 Å². The number of oxime groups is 1. The maximum Gasteiger partial charge on any atom is 0.545 e. The maximum absolute atomic E-state index is 10.2. The van der Waals surface area contributed by atoms with E-state index in [-0.39, 0.29) is 0 Å². The smallest absolute Gasteiger partial charge is 0.480 e. The van der Waals surface area contributed by atoms with Gasteiger partial charge in [0.05, 0.1) is 0 Å². The van der Waals surface area contributed by atoms with Gasteiger partial charge in [-0.2, -0.15) is 0 Å². The molecule has 0 bridgehead atoms. The molecular formula is C4H10N3O6P. The number of phosphoric acid groups is 1. The van der Waals surface area contributed by atoms with E-state index in [1.165, 1.54) is 7.05 Å². The molecule has 0 saturated heterocycles. The average molecular weight is 227 g/mol. The fourth-order valence-corrected chi connectivity index (χ4v) is 0.639. The molecule has 0 rings (SSSR count). The zero-order valence-electron chi connectivity index (χ0n) is 7.19. The molecule has 5 N–H and O–H groups in total. The summed E-state index contributed by atoms with van der Waals surface area (Å²) in [6.07, 6.45) is 0. The van der Waals surface area contributed by atoms with Gasteiger partial charge >= 0.3 is 13.8 Å². The summed E-state index contributed by atoms with van der Waals surface area (Å²) in [6.45, 7) is -0.458. The number of hydrogen-bond acceptors (Lipinski definition) is 4. The zero-order valence-corrected chi connectivity index (χ0v) is 8.09. The number of carboxylic acids is 1. The van der Waals surface area contributed by atoms with Crippen molar-refractivity contribution >= 4 is 19.8 Å². The molecule has 0 aliphatic heterocycles. The molecular weight excluding hydrogens is 217 g/mol. The summed E-state index contributed by atoms with van der Waals surface area (Å²) in [4.78, 5) is 27.6. The minimum atomic E-state index is -4.74. The highest BCUT2D eigenvalue weighted by molar-refractivity contribution is 7.46. The van der Waals surface area contributed by atoms with E-state index in [1.54, 1.807) is 0 Å². The van der Waals surface area contributed by atoms with Crippen LogP contribution in [0.15, 0.2) is 5.16 Å². The molecule has 0 aliphatic rings. The van der Waals surface area contributed by atoms with Crippen molar-refractivity contribution < 1.29 is 28.9 Å². The number of nitrogens with zero attached hydrogens (tertiary/aromatic N) is 2. The van der Waals surface area contributed by atoms with Crippen LogP contribution in [0, 0.1) is 0 Å². The van der Waals surface area contributed by atoms with Crippen LogP contribution in [0.2, 0.25) is 0 Å². The molecule has 0 atom stereocenters. The quantitative estimate of drug-likeness (QED) is 0.193. The molecule has 0 fully saturated rings. The van der Waals surface area contributed by atoms with E-state index in [1.807, 2.05) is 0 Å². The van der Waals surface area contributed by atoms with Crippen molar-refractivity contribution in [2.45, 2.75) is 0 Å². The summed E-state index contributed by atoms with van der Waals surface area (Å²) in [7, 11) is -3.46. The summed E-state index contributed by atoms with van der Waals surface area (Å²) >= 11 is 0. The second-order valence-corrected chi connectivity index (χ2v) is 3.42. The Labute approximate surface area is 79.0 Å². The molecule has 0 amide bonds. The van der Waals surface area contributed by atoms with Gasteiger partial charge in [0.1, 0.15) is 6.54 Å². The Morgan fingerprint density at radius 3 is 2.50 bits per heavy atom. The van der Waals surface area contributed by atoms with Gasteiger partial charge in [0.2, 0.25) is 5.96 Å². The van der Waals surface area contributed by atoms with Gasteiger partial charge in [0, 0.05) is 7.05 Å². The largest absolute Gasteiger partial charge is 0.545 e. The number of nitrogens with two attached hydrogens (primary N) is 1. The van der Waals surface area contributed by atoms with Crippen molar-refractivity contribution in [3.8, 4) is 0 Å². The third-order valence-corrected chi connectivity index (χ3v) is 1.30. The Balaban J connectivity index is 4.24. The number of likely N-dealkylation sites (N-methyl/N-ethyl adjacent to an activating group) is 1. The van der Waals surface area contributed by atoms with Gasteiger partial charge in [-0.05, 0) is 5.16 Å². The van der Waals surface area contributed by atoms with Gasteiger partial charge in [-0.25, -0.2) is 4.57 Å². The lowest BCUT2D eigenvalue weighted by molar-refractivity contribution is -0.137. The lowest BCUT2D eigenvalue weighted by Crippen LogP contribution is -2.37. The number of carbonyl (C=O) groups is 1. The fraction of sp³-hybridized carbons (Fsp3) is 0.500. The lowest BCUT2D eigenvalue weighted by Gasteiger charge is -2.13. The SMILES string of the molecule is CN(CC(=O)O)C(N)=NOP(=O)(O)O. The molecule has 0 unspecified atom stereocenters. The monoisotopic (exact) mass is 227 g/mol. The minimum absolute atomic E-state index is 0.448. The van der Waals surface area contributed by atoms with Gasteiger partial charge in [-0.3, -0.25) is 19.2 Å². The predicted molar refractivity (Wildman–Crippen MR) is 45.0 cm³/mol. The summed E-state index contributed by atoms with van der Waals surface area (Å²) in [5, 5.41) is 11.2. The molecule has 9 nitrogen and oxygen atoms in total. The third kappa shape index (κ3) is 6.23. The van der Waals surface area contributed by atoms with E-state index >= 15 is 0 Å². The normalized spacial score (nSPS) is 12.4. The highest BCUT2D eigenvalue weighted by Crippen LogP contribution is 2.35. The molecule has 10 heteroatoms. The Morgan fingerprint density at radius 1 is 1.64 bits per heavy atom. The molecule has 0 aromatic rings. The summed E-state index contributed by atoms with van der Waals surface area (Å²) in [6, 6.07) is 0. The number of carboxylic acid groups (broad SMARTS) is 1. The Morgan fingerprint density at radius 2 is 2.14 bits per heavy atom. The highest BCUT2D eigenvalue weighted by Gasteiger charge is 2.16. The minimum Gasteiger partial charge on any atom is -0.480 e. The number of rotatable bonds is 4. The molecule has 0 aromatic heterocycles. The summed E-state index contributed by atoms with van der Waals surface area (Å²) in [5.74, 6) is -1.61. The Kier molecular flexibility index (Phi) is 4.35. The van der Waals surface area contributed by atoms with Crippen LogP contribution in [0.4, 0.5) is 0 Å². The fourth-order valence-electron chi connectivity index (χ4n) is 0.449. The predicted octanol–water partition coefficient (Wildman–Crippen LogP) is -1.66. The standard InChI is InChI=1S/C4H10N3O6P/c1-7(2-3(8)9)4(5)6-13-14(10,11)12/h2H2,1H3,(H2,5,6)(H,8,9)(H2,10,11,12). The van der Waals surface area contributed by atoms with Crippen LogP contribution in [0.1, 0.15) is 0 Å². The molecule has 0 heterocycles.